The van der Waals surface area contributed by atoms with Crippen molar-refractivity contribution in [2.24, 2.45) is 0 Å². The van der Waals surface area contributed by atoms with E-state index in [1.165, 1.54) is 6.08 Å². The summed E-state index contributed by atoms with van der Waals surface area (Å²) in [6, 6.07) is 0. The highest BCUT2D eigenvalue weighted by molar-refractivity contribution is 5.13. The van der Waals surface area contributed by atoms with Gasteiger partial charge in [0.2, 0.25) is 0 Å². The number of alkyl halides is 1. The zero-order valence-electron chi connectivity index (χ0n) is 4.43. The van der Waals surface area contributed by atoms with Crippen LogP contribution >= 0.6 is 0 Å². The van der Waals surface area contributed by atoms with Crippen molar-refractivity contribution in [1.29, 1.82) is 0 Å². The SMILES string of the molecule is C=CC1OC1(F)C=C. The van der Waals surface area contributed by atoms with Crippen molar-refractivity contribution in [2.45, 2.75) is 12.0 Å². The van der Waals surface area contributed by atoms with Crippen LogP contribution in [0.25, 0.3) is 0 Å². The van der Waals surface area contributed by atoms with Crippen molar-refractivity contribution >= 4 is 0 Å². The average Bonchev–Trinajstić information content (AvgIpc) is 2.44. The summed E-state index contributed by atoms with van der Waals surface area (Å²) in [6.07, 6.45) is 2.10. The summed E-state index contributed by atoms with van der Waals surface area (Å²) < 4.78 is 17.0. The van der Waals surface area contributed by atoms with Gasteiger partial charge in [-0.2, -0.15) is 0 Å². The molecule has 0 radical (unpaired) electrons. The monoisotopic (exact) mass is 114 g/mol. The molecule has 0 aliphatic carbocycles. The third kappa shape index (κ3) is 0.574. The summed E-state index contributed by atoms with van der Waals surface area (Å²) in [4.78, 5) is 0. The van der Waals surface area contributed by atoms with E-state index in [1.807, 2.05) is 0 Å². The van der Waals surface area contributed by atoms with Crippen molar-refractivity contribution in [1.82, 2.24) is 0 Å². The van der Waals surface area contributed by atoms with Crippen molar-refractivity contribution in [3.05, 3.63) is 25.3 Å². The number of hydrogen-bond acceptors (Lipinski definition) is 1. The lowest BCUT2D eigenvalue weighted by molar-refractivity contribution is 0.193. The highest BCUT2D eigenvalue weighted by Gasteiger charge is 2.53. The van der Waals surface area contributed by atoms with Gasteiger partial charge in [-0.1, -0.05) is 12.7 Å². The minimum absolute atomic E-state index is 0.458. The predicted molar refractivity (Wildman–Crippen MR) is 29.1 cm³/mol. The lowest BCUT2D eigenvalue weighted by Gasteiger charge is -1.84. The van der Waals surface area contributed by atoms with Gasteiger partial charge in [0.25, 0.3) is 5.85 Å². The first kappa shape index (κ1) is 5.51. The molecule has 1 saturated heterocycles. The van der Waals surface area contributed by atoms with Gasteiger partial charge < -0.3 is 4.74 Å². The van der Waals surface area contributed by atoms with Crippen LogP contribution in [0, 0.1) is 0 Å². The van der Waals surface area contributed by atoms with Gasteiger partial charge in [-0.05, 0) is 6.08 Å². The van der Waals surface area contributed by atoms with E-state index in [0.717, 1.165) is 6.08 Å². The Labute approximate surface area is 47.5 Å². The molecular formula is C6H7FO. The van der Waals surface area contributed by atoms with Crippen LogP contribution in [0.15, 0.2) is 25.3 Å². The van der Waals surface area contributed by atoms with Crippen molar-refractivity contribution in [3.63, 3.8) is 0 Å². The molecule has 44 valence electrons. The summed E-state index contributed by atoms with van der Waals surface area (Å²) >= 11 is 0. The third-order valence-electron chi connectivity index (χ3n) is 1.13. The van der Waals surface area contributed by atoms with E-state index in [9.17, 15) is 4.39 Å². The van der Waals surface area contributed by atoms with Gasteiger partial charge in [0.05, 0.1) is 0 Å². The molecule has 0 spiro atoms. The largest absolute Gasteiger partial charge is 0.326 e. The maximum absolute atomic E-state index is 12.5. The molecule has 1 fully saturated rings. The molecule has 2 heteroatoms. The van der Waals surface area contributed by atoms with Crippen molar-refractivity contribution < 1.29 is 9.13 Å². The Morgan fingerprint density at radius 1 is 1.62 bits per heavy atom. The topological polar surface area (TPSA) is 12.5 Å². The quantitative estimate of drug-likeness (QED) is 0.390. The van der Waals surface area contributed by atoms with Gasteiger partial charge in [0.15, 0.2) is 0 Å². The standard InChI is InChI=1S/C6H7FO/c1-3-5-6(7,4-2)8-5/h3-5H,1-2H2. The van der Waals surface area contributed by atoms with Gasteiger partial charge in [-0.3, -0.25) is 0 Å². The van der Waals surface area contributed by atoms with Gasteiger partial charge in [-0.25, -0.2) is 4.39 Å². The van der Waals surface area contributed by atoms with Crippen LogP contribution in [0.4, 0.5) is 4.39 Å². The molecule has 0 amide bonds. The van der Waals surface area contributed by atoms with E-state index in [-0.39, 0.29) is 0 Å². The molecule has 2 atom stereocenters. The van der Waals surface area contributed by atoms with Gasteiger partial charge >= 0.3 is 0 Å². The van der Waals surface area contributed by atoms with E-state index < -0.39 is 12.0 Å². The second kappa shape index (κ2) is 1.42. The molecule has 0 aromatic carbocycles. The fourth-order valence-electron chi connectivity index (χ4n) is 0.534. The fraction of sp³-hybridized carbons (Fsp3) is 0.333. The minimum atomic E-state index is -1.60. The Hall–Kier alpha value is -0.630. The Morgan fingerprint density at radius 2 is 2.25 bits per heavy atom. The van der Waals surface area contributed by atoms with Gasteiger partial charge in [0, 0.05) is 0 Å². The van der Waals surface area contributed by atoms with Crippen LogP contribution in [0.5, 0.6) is 0 Å². The molecule has 0 saturated carbocycles. The summed E-state index contributed by atoms with van der Waals surface area (Å²) in [6.45, 7) is 6.60. The van der Waals surface area contributed by atoms with E-state index in [2.05, 4.69) is 17.9 Å². The second-order valence-corrected chi connectivity index (χ2v) is 1.68. The van der Waals surface area contributed by atoms with Crippen molar-refractivity contribution in [2.75, 3.05) is 0 Å². The van der Waals surface area contributed by atoms with Gasteiger partial charge in [0.1, 0.15) is 6.10 Å². The molecule has 0 bridgehead atoms. The van der Waals surface area contributed by atoms with Crippen LogP contribution < -0.4 is 0 Å². The third-order valence-corrected chi connectivity index (χ3v) is 1.13. The van der Waals surface area contributed by atoms with Crippen LogP contribution in [0.3, 0.4) is 0 Å². The predicted octanol–water partition coefficient (Wildman–Crippen LogP) is 1.42. The lowest BCUT2D eigenvalue weighted by Crippen LogP contribution is -1.98. The molecule has 1 rings (SSSR count). The number of epoxide rings is 1. The number of hydrogen-bond donors (Lipinski definition) is 0. The summed E-state index contributed by atoms with van der Waals surface area (Å²) in [5, 5.41) is 0. The maximum atomic E-state index is 12.5. The van der Waals surface area contributed by atoms with E-state index in [4.69, 9.17) is 0 Å². The molecule has 8 heavy (non-hydrogen) atoms. The summed E-state index contributed by atoms with van der Waals surface area (Å²) in [7, 11) is 0. The normalized spacial score (nSPS) is 43.4. The number of rotatable bonds is 2. The summed E-state index contributed by atoms with van der Waals surface area (Å²) in [5.74, 6) is -1.60. The highest BCUT2D eigenvalue weighted by Crippen LogP contribution is 2.39. The molecular weight excluding hydrogens is 107 g/mol. The molecule has 0 N–H and O–H groups in total. The molecule has 1 nitrogen and oxygen atoms in total. The number of ether oxygens (including phenoxy) is 1. The Kier molecular flexibility index (Phi) is 0.978. The average molecular weight is 114 g/mol. The maximum Gasteiger partial charge on any atom is 0.259 e. The Balaban J connectivity index is 2.54. The van der Waals surface area contributed by atoms with E-state index in [1.54, 1.807) is 0 Å². The smallest absolute Gasteiger partial charge is 0.259 e. The molecule has 1 aliphatic heterocycles. The first-order valence-electron chi connectivity index (χ1n) is 2.36. The van der Waals surface area contributed by atoms with Crippen LogP contribution in [0.2, 0.25) is 0 Å². The molecule has 1 heterocycles. The van der Waals surface area contributed by atoms with E-state index >= 15 is 0 Å². The van der Waals surface area contributed by atoms with E-state index in [0.29, 0.717) is 0 Å². The first-order valence-corrected chi connectivity index (χ1v) is 2.36. The zero-order chi connectivity index (χ0) is 6.20. The molecule has 0 aromatic heterocycles. The second-order valence-electron chi connectivity index (χ2n) is 1.68. The van der Waals surface area contributed by atoms with Crippen molar-refractivity contribution in [3.8, 4) is 0 Å². The minimum Gasteiger partial charge on any atom is -0.326 e. The van der Waals surface area contributed by atoms with Crippen LogP contribution in [-0.2, 0) is 4.74 Å². The summed E-state index contributed by atoms with van der Waals surface area (Å²) in [5.41, 5.74) is 0. The molecule has 1 aliphatic rings. The zero-order valence-corrected chi connectivity index (χ0v) is 4.43. The molecule has 0 aromatic rings. The Bertz CT molecular complexity index is 132. The van der Waals surface area contributed by atoms with Crippen LogP contribution in [-0.4, -0.2) is 12.0 Å². The number of halogens is 1. The first-order chi connectivity index (χ1) is 3.73. The fourth-order valence-corrected chi connectivity index (χ4v) is 0.534. The highest BCUT2D eigenvalue weighted by atomic mass is 19.2. The van der Waals surface area contributed by atoms with Crippen LogP contribution in [0.1, 0.15) is 0 Å². The molecule has 2 unspecified atom stereocenters. The lowest BCUT2D eigenvalue weighted by atomic mass is 10.3. The Morgan fingerprint density at radius 3 is 2.38 bits per heavy atom. The van der Waals surface area contributed by atoms with Gasteiger partial charge in [-0.15, -0.1) is 6.58 Å².